The maximum absolute atomic E-state index is 11.9. The summed E-state index contributed by atoms with van der Waals surface area (Å²) in [5.74, 6) is 0.181. The smallest absolute Gasteiger partial charge is 0.246 e. The first-order valence-corrected chi connectivity index (χ1v) is 7.52. The Morgan fingerprint density at radius 3 is 2.68 bits per heavy atom. The van der Waals surface area contributed by atoms with Crippen LogP contribution < -0.4 is 10.6 Å². The Kier molecular flexibility index (Phi) is 6.07. The van der Waals surface area contributed by atoms with E-state index in [1.165, 1.54) is 0 Å². The van der Waals surface area contributed by atoms with Crippen LogP contribution in [0.2, 0.25) is 0 Å². The van der Waals surface area contributed by atoms with Gasteiger partial charge in [-0.05, 0) is 38.8 Å². The van der Waals surface area contributed by atoms with Gasteiger partial charge in [-0.3, -0.25) is 4.79 Å². The van der Waals surface area contributed by atoms with Crippen molar-refractivity contribution in [2.75, 3.05) is 26.3 Å². The van der Waals surface area contributed by atoms with E-state index in [1.54, 1.807) is 0 Å². The van der Waals surface area contributed by atoms with Crippen LogP contribution >= 0.6 is 0 Å². The molecule has 0 spiro atoms. The van der Waals surface area contributed by atoms with Gasteiger partial charge in [0.25, 0.3) is 0 Å². The highest BCUT2D eigenvalue weighted by Crippen LogP contribution is 2.23. The summed E-state index contributed by atoms with van der Waals surface area (Å²) in [5, 5.41) is 15.6. The van der Waals surface area contributed by atoms with E-state index in [1.807, 2.05) is 0 Å². The molecule has 2 rings (SSSR count). The van der Waals surface area contributed by atoms with E-state index in [4.69, 9.17) is 4.74 Å². The molecular formula is C14H26N2O3. The molecule has 5 nitrogen and oxygen atoms in total. The molecule has 1 saturated heterocycles. The van der Waals surface area contributed by atoms with Crippen LogP contribution in [0.1, 0.15) is 38.5 Å². The topological polar surface area (TPSA) is 70.6 Å². The molecule has 2 atom stereocenters. The molecular weight excluding hydrogens is 244 g/mol. The van der Waals surface area contributed by atoms with Crippen molar-refractivity contribution in [3.63, 3.8) is 0 Å². The van der Waals surface area contributed by atoms with Crippen LogP contribution in [-0.4, -0.2) is 49.5 Å². The van der Waals surface area contributed by atoms with Crippen LogP contribution in [0.5, 0.6) is 0 Å². The number of ether oxygens (including phenoxy) is 1. The molecule has 0 radical (unpaired) electrons. The van der Waals surface area contributed by atoms with Gasteiger partial charge in [0, 0.05) is 18.6 Å². The normalized spacial score (nSPS) is 29.1. The lowest BCUT2D eigenvalue weighted by molar-refractivity contribution is -0.129. The lowest BCUT2D eigenvalue weighted by atomic mass is 9.85. The van der Waals surface area contributed by atoms with Gasteiger partial charge in [0.15, 0.2) is 0 Å². The molecule has 3 N–H and O–H groups in total. The third-order valence-electron chi connectivity index (χ3n) is 4.23. The molecule has 110 valence electrons. The summed E-state index contributed by atoms with van der Waals surface area (Å²) in [7, 11) is 0. The largest absolute Gasteiger partial charge is 0.396 e. The standard InChI is InChI=1S/C14H26N2O3/c17-9-11-3-1-2-4-13(11)16-14(18)10-19-12-5-7-15-8-6-12/h11-13,15,17H,1-10H2,(H,16,18). The van der Waals surface area contributed by atoms with Crippen molar-refractivity contribution >= 4 is 5.91 Å². The number of aliphatic hydroxyl groups is 1. The molecule has 0 bridgehead atoms. The van der Waals surface area contributed by atoms with E-state index in [0.29, 0.717) is 0 Å². The molecule has 1 aliphatic carbocycles. The van der Waals surface area contributed by atoms with Gasteiger partial charge in [-0.1, -0.05) is 12.8 Å². The predicted molar refractivity (Wildman–Crippen MR) is 72.8 cm³/mol. The quantitative estimate of drug-likeness (QED) is 0.677. The molecule has 0 aromatic heterocycles. The van der Waals surface area contributed by atoms with Gasteiger partial charge in [-0.2, -0.15) is 0 Å². The number of amides is 1. The van der Waals surface area contributed by atoms with E-state index in [-0.39, 0.29) is 37.2 Å². The maximum Gasteiger partial charge on any atom is 0.246 e. The zero-order valence-electron chi connectivity index (χ0n) is 11.6. The van der Waals surface area contributed by atoms with Crippen molar-refractivity contribution in [3.8, 4) is 0 Å². The van der Waals surface area contributed by atoms with E-state index in [2.05, 4.69) is 10.6 Å². The fourth-order valence-corrected chi connectivity index (χ4v) is 3.02. The van der Waals surface area contributed by atoms with Gasteiger partial charge >= 0.3 is 0 Å². The van der Waals surface area contributed by atoms with Gasteiger partial charge in [0.2, 0.25) is 5.91 Å². The highest BCUT2D eigenvalue weighted by molar-refractivity contribution is 5.77. The van der Waals surface area contributed by atoms with E-state index >= 15 is 0 Å². The van der Waals surface area contributed by atoms with Crippen molar-refractivity contribution in [1.29, 1.82) is 0 Å². The van der Waals surface area contributed by atoms with E-state index in [9.17, 15) is 9.90 Å². The highest BCUT2D eigenvalue weighted by atomic mass is 16.5. The van der Waals surface area contributed by atoms with Gasteiger partial charge < -0.3 is 20.5 Å². The van der Waals surface area contributed by atoms with Crippen LogP contribution in [0.15, 0.2) is 0 Å². The monoisotopic (exact) mass is 270 g/mol. The van der Waals surface area contributed by atoms with Crippen molar-refractivity contribution in [2.45, 2.75) is 50.7 Å². The number of hydrogen-bond donors (Lipinski definition) is 3. The van der Waals surface area contributed by atoms with Crippen molar-refractivity contribution in [1.82, 2.24) is 10.6 Å². The first-order chi connectivity index (χ1) is 9.29. The summed E-state index contributed by atoms with van der Waals surface area (Å²) in [6.45, 7) is 2.27. The summed E-state index contributed by atoms with van der Waals surface area (Å²) >= 11 is 0. The molecule has 1 amide bonds. The predicted octanol–water partition coefficient (Wildman–Crippen LogP) is 0.422. The third kappa shape index (κ3) is 4.75. The SMILES string of the molecule is O=C(COC1CCNCC1)NC1CCCCC1CO. The van der Waals surface area contributed by atoms with Crippen LogP contribution in [0.25, 0.3) is 0 Å². The summed E-state index contributed by atoms with van der Waals surface area (Å²) < 4.78 is 5.64. The fourth-order valence-electron chi connectivity index (χ4n) is 3.02. The number of carbonyl (C=O) groups is 1. The van der Waals surface area contributed by atoms with Gasteiger partial charge in [-0.25, -0.2) is 0 Å². The Morgan fingerprint density at radius 1 is 1.21 bits per heavy atom. The fraction of sp³-hybridized carbons (Fsp3) is 0.929. The minimum Gasteiger partial charge on any atom is -0.396 e. The molecule has 2 fully saturated rings. The number of rotatable bonds is 5. The Bertz CT molecular complexity index is 280. The second-order valence-corrected chi connectivity index (χ2v) is 5.66. The Balaban J connectivity index is 1.67. The number of nitrogens with one attached hydrogen (secondary N) is 2. The first kappa shape index (κ1) is 14.8. The minimum absolute atomic E-state index is 0.0381. The summed E-state index contributed by atoms with van der Waals surface area (Å²) in [6, 6.07) is 0.128. The number of piperidine rings is 1. The Labute approximate surface area is 115 Å². The summed E-state index contributed by atoms with van der Waals surface area (Å²) in [6.07, 6.45) is 6.46. The molecule has 0 aromatic carbocycles. The van der Waals surface area contributed by atoms with Crippen LogP contribution in [-0.2, 0) is 9.53 Å². The lowest BCUT2D eigenvalue weighted by Crippen LogP contribution is -2.45. The minimum atomic E-state index is -0.0381. The van der Waals surface area contributed by atoms with Gasteiger partial charge in [-0.15, -0.1) is 0 Å². The average Bonchev–Trinajstić information content (AvgIpc) is 2.47. The van der Waals surface area contributed by atoms with Gasteiger partial charge in [0.05, 0.1) is 6.10 Å². The van der Waals surface area contributed by atoms with Gasteiger partial charge in [0.1, 0.15) is 6.61 Å². The lowest BCUT2D eigenvalue weighted by Gasteiger charge is -2.31. The molecule has 5 heteroatoms. The molecule has 2 aliphatic rings. The van der Waals surface area contributed by atoms with Crippen LogP contribution in [0.3, 0.4) is 0 Å². The molecule has 1 saturated carbocycles. The molecule has 1 heterocycles. The summed E-state index contributed by atoms with van der Waals surface area (Å²) in [4.78, 5) is 11.9. The van der Waals surface area contributed by atoms with Crippen molar-refractivity contribution in [3.05, 3.63) is 0 Å². The maximum atomic E-state index is 11.9. The van der Waals surface area contributed by atoms with Crippen molar-refractivity contribution < 1.29 is 14.6 Å². The molecule has 19 heavy (non-hydrogen) atoms. The summed E-state index contributed by atoms with van der Waals surface area (Å²) in [5.41, 5.74) is 0. The molecule has 1 aliphatic heterocycles. The van der Waals surface area contributed by atoms with Crippen molar-refractivity contribution in [2.24, 2.45) is 5.92 Å². The average molecular weight is 270 g/mol. The number of carbonyl (C=O) groups excluding carboxylic acids is 1. The third-order valence-corrected chi connectivity index (χ3v) is 4.23. The Morgan fingerprint density at radius 2 is 1.95 bits per heavy atom. The van der Waals surface area contributed by atoms with Crippen LogP contribution in [0, 0.1) is 5.92 Å². The molecule has 0 aromatic rings. The Hall–Kier alpha value is -0.650. The number of aliphatic hydroxyl groups excluding tert-OH is 1. The second kappa shape index (κ2) is 7.82. The zero-order valence-corrected chi connectivity index (χ0v) is 11.6. The van der Waals surface area contributed by atoms with E-state index < -0.39 is 0 Å². The second-order valence-electron chi connectivity index (χ2n) is 5.66. The number of hydrogen-bond acceptors (Lipinski definition) is 4. The zero-order chi connectivity index (χ0) is 13.5. The van der Waals surface area contributed by atoms with Crippen LogP contribution in [0.4, 0.5) is 0 Å². The van der Waals surface area contributed by atoms with E-state index in [0.717, 1.165) is 51.6 Å². The molecule has 2 unspecified atom stereocenters. The highest BCUT2D eigenvalue weighted by Gasteiger charge is 2.26. The first-order valence-electron chi connectivity index (χ1n) is 7.52.